The summed E-state index contributed by atoms with van der Waals surface area (Å²) in [6, 6.07) is 1.60. The van der Waals surface area contributed by atoms with Crippen LogP contribution in [0.25, 0.3) is 0 Å². The molecule has 1 atom stereocenters. The fraction of sp³-hybridized carbons (Fsp3) is 0.222. The summed E-state index contributed by atoms with van der Waals surface area (Å²) < 4.78 is 0.935. The molecule has 0 saturated heterocycles. The van der Waals surface area contributed by atoms with Gasteiger partial charge in [-0.15, -0.1) is 11.3 Å². The van der Waals surface area contributed by atoms with E-state index in [9.17, 15) is 4.79 Å². The monoisotopic (exact) mass is 300 g/mol. The number of carbonyl (C=O) groups excluding carboxylic acids is 1. The largest absolute Gasteiger partial charge is 0.342 e. The molecule has 2 heterocycles. The van der Waals surface area contributed by atoms with Crippen LogP contribution in [0.1, 0.15) is 29.1 Å². The number of aromatic nitrogens is 3. The maximum atomic E-state index is 11.8. The van der Waals surface area contributed by atoms with E-state index in [2.05, 4.69) is 36.4 Å². The molecule has 16 heavy (non-hydrogen) atoms. The summed E-state index contributed by atoms with van der Waals surface area (Å²) in [5.74, 6) is 0.522. The molecule has 0 aromatic carbocycles. The van der Waals surface area contributed by atoms with E-state index in [1.54, 1.807) is 11.4 Å². The molecule has 84 valence electrons. The number of carbonyl (C=O) groups is 1. The van der Waals surface area contributed by atoms with E-state index in [0.29, 0.717) is 11.4 Å². The van der Waals surface area contributed by atoms with Gasteiger partial charge < -0.3 is 5.32 Å². The Morgan fingerprint density at radius 2 is 2.50 bits per heavy atom. The van der Waals surface area contributed by atoms with Gasteiger partial charge in [-0.25, -0.2) is 4.98 Å². The SMILES string of the molecule is CC(NC(=O)c1csc(Br)c1)c1ncn[nH]1. The minimum Gasteiger partial charge on any atom is -0.342 e. The van der Waals surface area contributed by atoms with E-state index in [-0.39, 0.29) is 11.9 Å². The number of hydrogen-bond acceptors (Lipinski definition) is 4. The topological polar surface area (TPSA) is 70.7 Å². The molecule has 1 amide bonds. The van der Waals surface area contributed by atoms with E-state index in [1.807, 2.05) is 6.92 Å². The van der Waals surface area contributed by atoms with Gasteiger partial charge in [0.25, 0.3) is 5.91 Å². The van der Waals surface area contributed by atoms with Crippen LogP contribution in [0.5, 0.6) is 0 Å². The molecule has 0 aliphatic carbocycles. The van der Waals surface area contributed by atoms with Crippen LogP contribution >= 0.6 is 27.3 Å². The van der Waals surface area contributed by atoms with Gasteiger partial charge >= 0.3 is 0 Å². The normalized spacial score (nSPS) is 12.4. The predicted molar refractivity (Wildman–Crippen MR) is 64.3 cm³/mol. The Hall–Kier alpha value is -1.21. The molecule has 0 bridgehead atoms. The second-order valence-electron chi connectivity index (χ2n) is 3.21. The lowest BCUT2D eigenvalue weighted by molar-refractivity contribution is 0.0939. The Kier molecular flexibility index (Phi) is 3.35. The van der Waals surface area contributed by atoms with Gasteiger partial charge in [0.15, 0.2) is 0 Å². The Bertz CT molecular complexity index is 481. The zero-order valence-corrected chi connectivity index (χ0v) is 10.8. The predicted octanol–water partition coefficient (Wildman–Crippen LogP) is 2.12. The van der Waals surface area contributed by atoms with Crippen molar-refractivity contribution in [2.45, 2.75) is 13.0 Å². The van der Waals surface area contributed by atoms with Crippen molar-refractivity contribution < 1.29 is 4.79 Å². The third-order valence-electron chi connectivity index (χ3n) is 2.02. The average molecular weight is 301 g/mol. The number of H-pyrrole nitrogens is 1. The lowest BCUT2D eigenvalue weighted by atomic mass is 10.2. The third kappa shape index (κ3) is 2.48. The van der Waals surface area contributed by atoms with Gasteiger partial charge in [-0.2, -0.15) is 5.10 Å². The molecule has 0 radical (unpaired) electrons. The van der Waals surface area contributed by atoms with Gasteiger partial charge in [-0.3, -0.25) is 9.89 Å². The minimum atomic E-state index is -0.186. The van der Waals surface area contributed by atoms with Gasteiger partial charge in [-0.05, 0) is 28.9 Å². The van der Waals surface area contributed by atoms with Crippen molar-refractivity contribution in [1.82, 2.24) is 20.5 Å². The average Bonchev–Trinajstić information content (AvgIpc) is 2.87. The minimum absolute atomic E-state index is 0.120. The van der Waals surface area contributed by atoms with E-state index >= 15 is 0 Å². The van der Waals surface area contributed by atoms with Crippen LogP contribution in [-0.4, -0.2) is 21.1 Å². The Labute approximate surface area is 104 Å². The third-order valence-corrected chi connectivity index (χ3v) is 3.53. The molecule has 0 saturated carbocycles. The molecule has 5 nitrogen and oxygen atoms in total. The van der Waals surface area contributed by atoms with Crippen LogP contribution in [0.15, 0.2) is 21.6 Å². The quantitative estimate of drug-likeness (QED) is 0.912. The lowest BCUT2D eigenvalue weighted by Crippen LogP contribution is -2.26. The summed E-state index contributed by atoms with van der Waals surface area (Å²) in [6.45, 7) is 1.85. The summed E-state index contributed by atoms with van der Waals surface area (Å²) in [4.78, 5) is 15.8. The molecular formula is C9H9BrN4OS. The molecule has 7 heteroatoms. The molecule has 1 unspecified atom stereocenters. The molecule has 0 spiro atoms. The molecular weight excluding hydrogens is 292 g/mol. The summed E-state index contributed by atoms with van der Waals surface area (Å²) in [5, 5.41) is 11.1. The summed E-state index contributed by atoms with van der Waals surface area (Å²) in [5.41, 5.74) is 0.642. The van der Waals surface area contributed by atoms with Crippen LogP contribution in [0.4, 0.5) is 0 Å². The van der Waals surface area contributed by atoms with Crippen molar-refractivity contribution in [2.75, 3.05) is 0 Å². The van der Waals surface area contributed by atoms with Crippen molar-refractivity contribution >= 4 is 33.2 Å². The van der Waals surface area contributed by atoms with Crippen LogP contribution in [0.3, 0.4) is 0 Å². The number of thiophene rings is 1. The zero-order valence-electron chi connectivity index (χ0n) is 8.40. The van der Waals surface area contributed by atoms with Gasteiger partial charge in [0.2, 0.25) is 0 Å². The number of nitrogens with zero attached hydrogens (tertiary/aromatic N) is 2. The number of halogens is 1. The second-order valence-corrected chi connectivity index (χ2v) is 5.50. The molecule has 2 aromatic rings. The molecule has 0 fully saturated rings. The van der Waals surface area contributed by atoms with Gasteiger partial charge in [0.1, 0.15) is 12.2 Å². The Balaban J connectivity index is 2.03. The fourth-order valence-corrected chi connectivity index (χ4v) is 2.34. The van der Waals surface area contributed by atoms with E-state index in [0.717, 1.165) is 3.79 Å². The van der Waals surface area contributed by atoms with Crippen LogP contribution in [0, 0.1) is 0 Å². The Morgan fingerprint density at radius 1 is 1.69 bits per heavy atom. The van der Waals surface area contributed by atoms with Crippen molar-refractivity contribution in [3.05, 3.63) is 32.9 Å². The maximum Gasteiger partial charge on any atom is 0.252 e. The smallest absolute Gasteiger partial charge is 0.252 e. The van der Waals surface area contributed by atoms with Gasteiger partial charge in [-0.1, -0.05) is 0 Å². The van der Waals surface area contributed by atoms with E-state index < -0.39 is 0 Å². The number of aromatic amines is 1. The first-order valence-corrected chi connectivity index (χ1v) is 6.24. The highest BCUT2D eigenvalue weighted by Gasteiger charge is 2.14. The van der Waals surface area contributed by atoms with Gasteiger partial charge in [0, 0.05) is 5.38 Å². The first-order chi connectivity index (χ1) is 7.66. The zero-order chi connectivity index (χ0) is 11.5. The van der Waals surface area contributed by atoms with E-state index in [4.69, 9.17) is 0 Å². The number of hydrogen-bond donors (Lipinski definition) is 2. The fourth-order valence-electron chi connectivity index (χ4n) is 1.20. The lowest BCUT2D eigenvalue weighted by Gasteiger charge is -2.09. The van der Waals surface area contributed by atoms with Crippen molar-refractivity contribution in [1.29, 1.82) is 0 Å². The molecule has 0 aliphatic rings. The molecule has 2 rings (SSSR count). The second kappa shape index (κ2) is 4.75. The maximum absolute atomic E-state index is 11.8. The van der Waals surface area contributed by atoms with Crippen LogP contribution < -0.4 is 5.32 Å². The van der Waals surface area contributed by atoms with E-state index in [1.165, 1.54) is 17.7 Å². The first kappa shape index (κ1) is 11.3. The molecule has 0 aliphatic heterocycles. The highest BCUT2D eigenvalue weighted by atomic mass is 79.9. The highest BCUT2D eigenvalue weighted by Crippen LogP contribution is 2.21. The first-order valence-electron chi connectivity index (χ1n) is 4.57. The Morgan fingerprint density at radius 3 is 3.06 bits per heavy atom. The standard InChI is InChI=1S/C9H9BrN4OS/c1-5(8-11-4-12-14-8)13-9(15)6-2-7(10)16-3-6/h2-5H,1H3,(H,13,15)(H,11,12,14). The van der Waals surface area contributed by atoms with Crippen LogP contribution in [-0.2, 0) is 0 Å². The number of amides is 1. The number of nitrogens with one attached hydrogen (secondary N) is 2. The highest BCUT2D eigenvalue weighted by molar-refractivity contribution is 9.11. The number of rotatable bonds is 3. The van der Waals surface area contributed by atoms with Gasteiger partial charge in [0.05, 0.1) is 15.4 Å². The summed E-state index contributed by atoms with van der Waals surface area (Å²) in [6.07, 6.45) is 1.42. The molecule has 2 N–H and O–H groups in total. The van der Waals surface area contributed by atoms with Crippen molar-refractivity contribution in [2.24, 2.45) is 0 Å². The molecule has 2 aromatic heterocycles. The summed E-state index contributed by atoms with van der Waals surface area (Å²) in [7, 11) is 0. The van der Waals surface area contributed by atoms with Crippen LogP contribution in [0.2, 0.25) is 0 Å². The summed E-state index contributed by atoms with van der Waals surface area (Å²) >= 11 is 4.79. The van der Waals surface area contributed by atoms with Crippen molar-refractivity contribution in [3.8, 4) is 0 Å². The van der Waals surface area contributed by atoms with Crippen molar-refractivity contribution in [3.63, 3.8) is 0 Å².